The van der Waals surface area contributed by atoms with E-state index >= 15 is 0 Å². The lowest BCUT2D eigenvalue weighted by Gasteiger charge is -2.18. The maximum absolute atomic E-state index is 12.3. The van der Waals surface area contributed by atoms with Gasteiger partial charge in [0.2, 0.25) is 11.8 Å². The summed E-state index contributed by atoms with van der Waals surface area (Å²) < 4.78 is 10.2. The van der Waals surface area contributed by atoms with E-state index in [0.29, 0.717) is 17.2 Å². The van der Waals surface area contributed by atoms with Gasteiger partial charge in [-0.05, 0) is 42.0 Å². The SMILES string of the molecule is COc1ccc(NC(=O)CC(NC(C)=O)c2ccc(OC)cc2)cc1. The van der Waals surface area contributed by atoms with E-state index in [-0.39, 0.29) is 18.2 Å². The standard InChI is InChI=1S/C19H22N2O4/c1-13(22)20-18(14-4-8-16(24-2)9-5-14)12-19(23)21-15-6-10-17(25-3)11-7-15/h4-11,18H,12H2,1-3H3,(H,20,22)(H,21,23). The van der Waals surface area contributed by atoms with Crippen LogP contribution in [0.15, 0.2) is 48.5 Å². The highest BCUT2D eigenvalue weighted by molar-refractivity contribution is 5.91. The normalized spacial score (nSPS) is 11.3. The molecule has 0 radical (unpaired) electrons. The van der Waals surface area contributed by atoms with E-state index in [1.54, 1.807) is 50.6 Å². The van der Waals surface area contributed by atoms with Crippen LogP contribution in [-0.2, 0) is 9.59 Å². The van der Waals surface area contributed by atoms with E-state index in [1.807, 2.05) is 12.1 Å². The Morgan fingerprint density at radius 3 is 1.92 bits per heavy atom. The fraction of sp³-hybridized carbons (Fsp3) is 0.263. The Balaban J connectivity index is 2.06. The zero-order valence-corrected chi connectivity index (χ0v) is 14.5. The molecule has 2 amide bonds. The molecule has 6 nitrogen and oxygen atoms in total. The van der Waals surface area contributed by atoms with E-state index in [9.17, 15) is 9.59 Å². The van der Waals surface area contributed by atoms with Crippen molar-refractivity contribution >= 4 is 17.5 Å². The van der Waals surface area contributed by atoms with Gasteiger partial charge in [-0.15, -0.1) is 0 Å². The van der Waals surface area contributed by atoms with Crippen molar-refractivity contribution in [2.45, 2.75) is 19.4 Å². The molecule has 0 spiro atoms. The van der Waals surface area contributed by atoms with Crippen LogP contribution >= 0.6 is 0 Å². The van der Waals surface area contributed by atoms with Gasteiger partial charge in [0.1, 0.15) is 11.5 Å². The number of methoxy groups -OCH3 is 2. The van der Waals surface area contributed by atoms with E-state index in [2.05, 4.69) is 10.6 Å². The molecule has 0 aromatic heterocycles. The second-order valence-corrected chi connectivity index (χ2v) is 5.51. The van der Waals surface area contributed by atoms with Gasteiger partial charge in [0.25, 0.3) is 0 Å². The molecule has 0 saturated heterocycles. The van der Waals surface area contributed by atoms with Crippen molar-refractivity contribution in [3.8, 4) is 11.5 Å². The molecule has 1 atom stereocenters. The molecule has 0 saturated carbocycles. The number of carbonyl (C=O) groups is 2. The molecule has 0 aliphatic rings. The molecule has 0 aliphatic carbocycles. The smallest absolute Gasteiger partial charge is 0.226 e. The summed E-state index contributed by atoms with van der Waals surface area (Å²) in [6.07, 6.45) is 0.123. The summed E-state index contributed by atoms with van der Waals surface area (Å²) in [6.45, 7) is 1.43. The van der Waals surface area contributed by atoms with Crippen molar-refractivity contribution in [2.75, 3.05) is 19.5 Å². The number of hydrogen-bond donors (Lipinski definition) is 2. The first-order valence-electron chi connectivity index (χ1n) is 7.86. The minimum Gasteiger partial charge on any atom is -0.497 e. The summed E-state index contributed by atoms with van der Waals surface area (Å²) in [5.74, 6) is 1.04. The fourth-order valence-electron chi connectivity index (χ4n) is 2.41. The van der Waals surface area contributed by atoms with Crippen molar-refractivity contribution in [1.29, 1.82) is 0 Å². The molecule has 0 aliphatic heterocycles. The number of carbonyl (C=O) groups excluding carboxylic acids is 2. The van der Waals surface area contributed by atoms with Gasteiger partial charge in [0.05, 0.1) is 26.7 Å². The molecule has 0 heterocycles. The highest BCUT2D eigenvalue weighted by atomic mass is 16.5. The van der Waals surface area contributed by atoms with Gasteiger partial charge in [0.15, 0.2) is 0 Å². The number of ether oxygens (including phenoxy) is 2. The minimum absolute atomic E-state index is 0.123. The third kappa shape index (κ3) is 5.53. The van der Waals surface area contributed by atoms with Gasteiger partial charge < -0.3 is 20.1 Å². The summed E-state index contributed by atoms with van der Waals surface area (Å²) in [7, 11) is 3.17. The lowest BCUT2D eigenvalue weighted by Crippen LogP contribution is -2.29. The lowest BCUT2D eigenvalue weighted by molar-refractivity contribution is -0.120. The maximum Gasteiger partial charge on any atom is 0.226 e. The molecule has 25 heavy (non-hydrogen) atoms. The molecular formula is C19H22N2O4. The highest BCUT2D eigenvalue weighted by Gasteiger charge is 2.17. The predicted octanol–water partition coefficient (Wildman–Crippen LogP) is 2.91. The Hall–Kier alpha value is -3.02. The maximum atomic E-state index is 12.3. The number of benzene rings is 2. The van der Waals surface area contributed by atoms with Crippen LogP contribution in [0.4, 0.5) is 5.69 Å². The average molecular weight is 342 g/mol. The first-order chi connectivity index (χ1) is 12.0. The second-order valence-electron chi connectivity index (χ2n) is 5.51. The zero-order chi connectivity index (χ0) is 18.2. The van der Waals surface area contributed by atoms with Gasteiger partial charge >= 0.3 is 0 Å². The number of nitrogens with one attached hydrogen (secondary N) is 2. The van der Waals surface area contributed by atoms with E-state index in [0.717, 1.165) is 5.56 Å². The lowest BCUT2D eigenvalue weighted by atomic mass is 10.0. The fourth-order valence-corrected chi connectivity index (χ4v) is 2.41. The molecule has 2 N–H and O–H groups in total. The van der Waals surface area contributed by atoms with E-state index < -0.39 is 6.04 Å². The molecule has 132 valence electrons. The Morgan fingerprint density at radius 1 is 0.920 bits per heavy atom. The highest BCUT2D eigenvalue weighted by Crippen LogP contribution is 2.22. The first kappa shape index (κ1) is 18.3. The number of amides is 2. The Labute approximate surface area is 147 Å². The number of rotatable bonds is 7. The van der Waals surface area contributed by atoms with Gasteiger partial charge in [-0.3, -0.25) is 9.59 Å². The molecule has 6 heteroatoms. The third-order valence-electron chi connectivity index (χ3n) is 3.66. The summed E-state index contributed by atoms with van der Waals surface area (Å²) in [6, 6.07) is 13.9. The van der Waals surface area contributed by atoms with Crippen molar-refractivity contribution in [1.82, 2.24) is 5.32 Å². The summed E-state index contributed by atoms with van der Waals surface area (Å²) in [5.41, 5.74) is 1.50. The monoisotopic (exact) mass is 342 g/mol. The van der Waals surface area contributed by atoms with Crippen LogP contribution in [0.5, 0.6) is 11.5 Å². The van der Waals surface area contributed by atoms with Crippen molar-refractivity contribution < 1.29 is 19.1 Å². The van der Waals surface area contributed by atoms with Crippen LogP contribution in [0.3, 0.4) is 0 Å². The van der Waals surface area contributed by atoms with Crippen LogP contribution in [0.1, 0.15) is 24.9 Å². The Bertz CT molecular complexity index is 711. The van der Waals surface area contributed by atoms with Gasteiger partial charge in [-0.1, -0.05) is 12.1 Å². The van der Waals surface area contributed by atoms with Gasteiger partial charge in [0, 0.05) is 12.6 Å². The second kappa shape index (κ2) is 8.73. The van der Waals surface area contributed by atoms with Gasteiger partial charge in [-0.25, -0.2) is 0 Å². The molecule has 2 aromatic rings. The van der Waals surface area contributed by atoms with Crippen molar-refractivity contribution in [2.24, 2.45) is 0 Å². The van der Waals surface area contributed by atoms with Crippen LogP contribution in [0, 0.1) is 0 Å². The van der Waals surface area contributed by atoms with E-state index in [1.165, 1.54) is 6.92 Å². The summed E-state index contributed by atoms with van der Waals surface area (Å²) in [4.78, 5) is 23.8. The predicted molar refractivity (Wildman–Crippen MR) is 95.8 cm³/mol. The number of hydrogen-bond acceptors (Lipinski definition) is 4. The molecule has 2 rings (SSSR count). The summed E-state index contributed by atoms with van der Waals surface area (Å²) >= 11 is 0. The molecule has 0 fully saturated rings. The molecule has 2 aromatic carbocycles. The average Bonchev–Trinajstić information content (AvgIpc) is 2.61. The first-order valence-corrected chi connectivity index (χ1v) is 7.86. The molecule has 1 unspecified atom stereocenters. The van der Waals surface area contributed by atoms with Crippen LogP contribution < -0.4 is 20.1 Å². The largest absolute Gasteiger partial charge is 0.497 e. The summed E-state index contributed by atoms with van der Waals surface area (Å²) in [5, 5.41) is 5.63. The molecular weight excluding hydrogens is 320 g/mol. The Morgan fingerprint density at radius 2 is 1.44 bits per heavy atom. The van der Waals surface area contributed by atoms with Crippen molar-refractivity contribution in [3.63, 3.8) is 0 Å². The topological polar surface area (TPSA) is 76.7 Å². The number of anilines is 1. The minimum atomic E-state index is -0.415. The van der Waals surface area contributed by atoms with E-state index in [4.69, 9.17) is 9.47 Å². The van der Waals surface area contributed by atoms with Gasteiger partial charge in [-0.2, -0.15) is 0 Å². The zero-order valence-electron chi connectivity index (χ0n) is 14.5. The third-order valence-corrected chi connectivity index (χ3v) is 3.66. The Kier molecular flexibility index (Phi) is 6.39. The van der Waals surface area contributed by atoms with Crippen molar-refractivity contribution in [3.05, 3.63) is 54.1 Å². The molecule has 0 bridgehead atoms. The van der Waals surface area contributed by atoms with Crippen LogP contribution in [0.25, 0.3) is 0 Å². The van der Waals surface area contributed by atoms with Crippen LogP contribution in [0.2, 0.25) is 0 Å². The quantitative estimate of drug-likeness (QED) is 0.811. The van der Waals surface area contributed by atoms with Crippen LogP contribution in [-0.4, -0.2) is 26.0 Å².